The summed E-state index contributed by atoms with van der Waals surface area (Å²) in [6.07, 6.45) is 1.39. The molecule has 10 heteroatoms. The minimum Gasteiger partial charge on any atom is -0.494 e. The monoisotopic (exact) mass is 576 g/mol. The molecule has 0 spiro atoms. The van der Waals surface area contributed by atoms with E-state index in [9.17, 15) is 10.3 Å². The molecule has 3 N–H and O–H groups in total. The third kappa shape index (κ3) is 6.37. The van der Waals surface area contributed by atoms with E-state index in [4.69, 9.17) is 19.6 Å². The Labute approximate surface area is 249 Å². The van der Waals surface area contributed by atoms with E-state index in [0.717, 1.165) is 16.3 Å². The van der Waals surface area contributed by atoms with Crippen molar-refractivity contribution in [3.05, 3.63) is 131 Å². The number of benzene rings is 4. The molecule has 218 valence electrons. The zero-order chi connectivity index (χ0) is 30.1. The van der Waals surface area contributed by atoms with Crippen molar-refractivity contribution in [2.45, 2.75) is 31.0 Å². The molecule has 4 aromatic rings. The van der Waals surface area contributed by atoms with Crippen LogP contribution in [0.5, 0.6) is 5.75 Å². The summed E-state index contributed by atoms with van der Waals surface area (Å²) in [7, 11) is 0. The van der Waals surface area contributed by atoms with Crippen molar-refractivity contribution in [3.8, 4) is 5.75 Å². The normalized spacial score (nSPS) is 17.4. The summed E-state index contributed by atoms with van der Waals surface area (Å²) in [6.45, 7) is 4.72. The highest BCUT2D eigenvalue weighted by Gasteiger charge is 2.53. The van der Waals surface area contributed by atoms with E-state index in [0.29, 0.717) is 42.1 Å². The Morgan fingerprint density at radius 1 is 1.09 bits per heavy atom. The molecular formula is C33H32N6O4. The van der Waals surface area contributed by atoms with Gasteiger partial charge in [0.05, 0.1) is 6.61 Å². The number of rotatable bonds is 13. The molecular weight excluding hydrogens is 544 g/mol. The van der Waals surface area contributed by atoms with E-state index in [-0.39, 0.29) is 18.9 Å². The van der Waals surface area contributed by atoms with Crippen LogP contribution in [0.15, 0.2) is 114 Å². The Bertz CT molecular complexity index is 1680. The number of aliphatic hydroxyl groups is 1. The third-order valence-corrected chi connectivity index (χ3v) is 7.22. The second-order valence-electron chi connectivity index (χ2n) is 9.98. The average molecular weight is 577 g/mol. The van der Waals surface area contributed by atoms with Crippen LogP contribution in [0.1, 0.15) is 35.6 Å². The number of hydrogen-bond donors (Lipinski definition) is 3. The zero-order valence-electron chi connectivity index (χ0n) is 23.5. The minimum atomic E-state index is -1.46. The van der Waals surface area contributed by atoms with Crippen LogP contribution in [-0.4, -0.2) is 35.7 Å². The number of carbonyl (C=O) groups is 1. The first-order chi connectivity index (χ1) is 21.1. The molecule has 1 aliphatic rings. The van der Waals surface area contributed by atoms with Crippen LogP contribution in [0.3, 0.4) is 0 Å². The van der Waals surface area contributed by atoms with E-state index in [1.54, 1.807) is 54.6 Å². The summed E-state index contributed by atoms with van der Waals surface area (Å²) in [4.78, 5) is 21.9. The predicted molar refractivity (Wildman–Crippen MR) is 166 cm³/mol. The van der Waals surface area contributed by atoms with Crippen molar-refractivity contribution in [2.75, 3.05) is 13.2 Å². The lowest BCUT2D eigenvalue weighted by Gasteiger charge is -2.30. The first kappa shape index (κ1) is 29.3. The van der Waals surface area contributed by atoms with E-state index in [2.05, 4.69) is 27.5 Å². The third-order valence-electron chi connectivity index (χ3n) is 7.22. The van der Waals surface area contributed by atoms with Crippen LogP contribution >= 0.6 is 0 Å². The standard InChI is InChI=1S/C33H32N6O4/c1-2-19-33(32(41)38-35-22-25-11-7-10-23-9-3-4-12-27(23)25)30(28-13-5-6-14-29(28)37-39-34)43-31(36-33)24-15-17-26(18-16-24)42-21-8-20-40/h2-7,9-18,30,35,40H,1,8,19-22H2,(H,38,41)/t30-,33-/m0/s1. The van der Waals surface area contributed by atoms with E-state index >= 15 is 0 Å². The Hall–Kier alpha value is -5.15. The van der Waals surface area contributed by atoms with Gasteiger partial charge < -0.3 is 14.6 Å². The maximum atomic E-state index is 14.1. The maximum absolute atomic E-state index is 14.1. The van der Waals surface area contributed by atoms with Crippen molar-refractivity contribution >= 4 is 28.3 Å². The summed E-state index contributed by atoms with van der Waals surface area (Å²) >= 11 is 0. The Morgan fingerprint density at radius 3 is 2.65 bits per heavy atom. The van der Waals surface area contributed by atoms with Gasteiger partial charge in [0.1, 0.15) is 5.75 Å². The average Bonchev–Trinajstić information content (AvgIpc) is 3.42. The van der Waals surface area contributed by atoms with Crippen LogP contribution in [0.4, 0.5) is 5.69 Å². The van der Waals surface area contributed by atoms with Crippen LogP contribution in [0.25, 0.3) is 21.2 Å². The van der Waals surface area contributed by atoms with Gasteiger partial charge in [0.15, 0.2) is 11.6 Å². The van der Waals surface area contributed by atoms with Crippen molar-refractivity contribution in [1.29, 1.82) is 0 Å². The summed E-state index contributed by atoms with van der Waals surface area (Å²) < 4.78 is 12.1. The molecule has 0 unspecified atom stereocenters. The molecule has 0 fully saturated rings. The summed E-state index contributed by atoms with van der Waals surface area (Å²) in [5.74, 6) is 0.467. The van der Waals surface area contributed by atoms with Crippen molar-refractivity contribution in [3.63, 3.8) is 0 Å². The number of aliphatic imine (C=N–C) groups is 1. The number of amides is 1. The number of nitrogens with zero attached hydrogens (tertiary/aromatic N) is 4. The van der Waals surface area contributed by atoms with Crippen LogP contribution in [-0.2, 0) is 16.1 Å². The fourth-order valence-corrected chi connectivity index (χ4v) is 5.14. The van der Waals surface area contributed by atoms with Gasteiger partial charge in [0.2, 0.25) is 5.90 Å². The molecule has 10 nitrogen and oxygen atoms in total. The largest absolute Gasteiger partial charge is 0.494 e. The van der Waals surface area contributed by atoms with Gasteiger partial charge in [-0.3, -0.25) is 10.2 Å². The van der Waals surface area contributed by atoms with Gasteiger partial charge in [-0.15, -0.1) is 6.58 Å². The number of aliphatic hydroxyl groups excluding tert-OH is 1. The molecule has 0 saturated carbocycles. The second kappa shape index (κ2) is 13.7. The Kier molecular flexibility index (Phi) is 9.33. The molecule has 43 heavy (non-hydrogen) atoms. The number of ether oxygens (including phenoxy) is 2. The number of carbonyl (C=O) groups excluding carboxylic acids is 1. The SMILES string of the molecule is C=CC[C@]1(C(=O)NNCc2cccc3ccccc23)N=C(c2ccc(OCCCO)cc2)O[C@H]1c1ccccc1N=[N+]=[N-]. The van der Waals surface area contributed by atoms with Gasteiger partial charge in [-0.25, -0.2) is 10.4 Å². The van der Waals surface area contributed by atoms with Crippen molar-refractivity contribution < 1.29 is 19.4 Å². The highest BCUT2D eigenvalue weighted by Crippen LogP contribution is 2.45. The molecule has 0 aliphatic carbocycles. The Balaban J connectivity index is 1.47. The van der Waals surface area contributed by atoms with Crippen LogP contribution < -0.4 is 15.6 Å². The molecule has 1 amide bonds. The molecule has 4 aromatic carbocycles. The molecule has 5 rings (SSSR count). The fraction of sp³-hybridized carbons (Fsp3) is 0.212. The topological polar surface area (TPSA) is 141 Å². The molecule has 2 atom stereocenters. The molecule has 1 heterocycles. The molecule has 0 saturated heterocycles. The lowest BCUT2D eigenvalue weighted by molar-refractivity contribution is -0.129. The van der Waals surface area contributed by atoms with Crippen molar-refractivity contribution in [1.82, 2.24) is 10.9 Å². The van der Waals surface area contributed by atoms with Gasteiger partial charge >= 0.3 is 0 Å². The first-order valence-electron chi connectivity index (χ1n) is 13.9. The van der Waals surface area contributed by atoms with Gasteiger partial charge in [-0.2, -0.15) is 0 Å². The summed E-state index contributed by atoms with van der Waals surface area (Å²) in [5, 5.41) is 15.1. The lowest BCUT2D eigenvalue weighted by Crippen LogP contribution is -2.52. The van der Waals surface area contributed by atoms with Gasteiger partial charge in [-0.05, 0) is 46.1 Å². The molecule has 1 aliphatic heterocycles. The number of nitrogens with one attached hydrogen (secondary N) is 2. The van der Waals surface area contributed by atoms with E-state index in [1.807, 2.05) is 42.5 Å². The zero-order valence-corrected chi connectivity index (χ0v) is 23.5. The molecule has 0 bridgehead atoms. The number of azide groups is 1. The lowest BCUT2D eigenvalue weighted by atomic mass is 9.84. The second-order valence-corrected chi connectivity index (χ2v) is 9.98. The summed E-state index contributed by atoms with van der Waals surface area (Å²) in [5.41, 5.74) is 16.2. The van der Waals surface area contributed by atoms with Gasteiger partial charge in [0.25, 0.3) is 5.91 Å². The van der Waals surface area contributed by atoms with Gasteiger partial charge in [0, 0.05) is 47.7 Å². The van der Waals surface area contributed by atoms with Crippen LogP contribution in [0.2, 0.25) is 0 Å². The highest BCUT2D eigenvalue weighted by molar-refractivity contribution is 6.01. The van der Waals surface area contributed by atoms with E-state index < -0.39 is 17.6 Å². The Morgan fingerprint density at radius 2 is 1.86 bits per heavy atom. The number of hydrazine groups is 1. The smallest absolute Gasteiger partial charge is 0.266 e. The van der Waals surface area contributed by atoms with Crippen LogP contribution in [0, 0.1) is 0 Å². The fourth-order valence-electron chi connectivity index (χ4n) is 5.14. The van der Waals surface area contributed by atoms with E-state index in [1.165, 1.54) is 0 Å². The van der Waals surface area contributed by atoms with Crippen molar-refractivity contribution in [2.24, 2.45) is 10.1 Å². The molecule has 0 aromatic heterocycles. The number of fused-ring (bicyclic) bond motifs is 1. The number of hydrogen-bond acceptors (Lipinski definition) is 7. The summed E-state index contributed by atoms with van der Waals surface area (Å²) in [6, 6.07) is 28.2. The first-order valence-corrected chi connectivity index (χ1v) is 13.9. The highest BCUT2D eigenvalue weighted by atomic mass is 16.5. The molecule has 0 radical (unpaired) electrons. The predicted octanol–water partition coefficient (Wildman–Crippen LogP) is 6.20. The maximum Gasteiger partial charge on any atom is 0.266 e. The minimum absolute atomic E-state index is 0.0473. The van der Waals surface area contributed by atoms with Gasteiger partial charge in [-0.1, -0.05) is 77.9 Å². The quantitative estimate of drug-likeness (QED) is 0.0434.